The number of benzene rings is 1. The van der Waals surface area contributed by atoms with Gasteiger partial charge in [0.05, 0.1) is 0 Å². The van der Waals surface area contributed by atoms with E-state index in [2.05, 4.69) is 19.2 Å². The highest BCUT2D eigenvalue weighted by Crippen LogP contribution is 2.31. The molecule has 1 fully saturated rings. The summed E-state index contributed by atoms with van der Waals surface area (Å²) in [6.07, 6.45) is 3.82. The Morgan fingerprint density at radius 1 is 1.17 bits per heavy atom. The predicted octanol–water partition coefficient (Wildman–Crippen LogP) is 2.70. The third-order valence-corrected chi connectivity index (χ3v) is 4.26. The molecule has 1 aliphatic rings. The van der Waals surface area contributed by atoms with E-state index in [-0.39, 0.29) is 30.6 Å². The minimum Gasteiger partial charge on any atom is -0.355 e. The van der Waals surface area contributed by atoms with E-state index in [1.54, 1.807) is 0 Å². The smallest absolute Gasteiger partial charge is 0.220 e. The lowest BCUT2D eigenvalue weighted by Crippen LogP contribution is -2.38. The van der Waals surface area contributed by atoms with Crippen LogP contribution in [0.3, 0.4) is 0 Å². The van der Waals surface area contributed by atoms with Gasteiger partial charge in [0.25, 0.3) is 0 Å². The predicted molar refractivity (Wildman–Crippen MR) is 92.3 cm³/mol. The molecule has 4 heteroatoms. The van der Waals surface area contributed by atoms with Gasteiger partial charge in [-0.25, -0.2) is 0 Å². The summed E-state index contributed by atoms with van der Waals surface area (Å²) < 4.78 is 0. The highest BCUT2D eigenvalue weighted by atomic mass is 16.2. The van der Waals surface area contributed by atoms with Gasteiger partial charge < -0.3 is 11.1 Å². The maximum Gasteiger partial charge on any atom is 0.220 e. The van der Waals surface area contributed by atoms with Gasteiger partial charge in [-0.1, -0.05) is 38.1 Å². The molecule has 0 saturated heterocycles. The number of hydrogen-bond acceptors (Lipinski definition) is 3. The van der Waals surface area contributed by atoms with Crippen molar-refractivity contribution in [2.24, 2.45) is 17.6 Å². The fourth-order valence-corrected chi connectivity index (χ4v) is 2.68. The summed E-state index contributed by atoms with van der Waals surface area (Å²) in [5, 5.41) is 2.83. The molecule has 1 aliphatic carbocycles. The van der Waals surface area contributed by atoms with Crippen LogP contribution in [0.25, 0.3) is 0 Å². The second kappa shape index (κ2) is 8.25. The molecule has 1 atom stereocenters. The highest BCUT2D eigenvalue weighted by molar-refractivity contribution is 5.97. The molecule has 1 amide bonds. The van der Waals surface area contributed by atoms with Crippen molar-refractivity contribution in [3.05, 3.63) is 35.4 Å². The summed E-state index contributed by atoms with van der Waals surface area (Å²) in [7, 11) is 0. The third kappa shape index (κ3) is 6.14. The number of hydrogen-bond donors (Lipinski definition) is 2. The van der Waals surface area contributed by atoms with Gasteiger partial charge in [0.1, 0.15) is 0 Å². The van der Waals surface area contributed by atoms with E-state index >= 15 is 0 Å². The topological polar surface area (TPSA) is 72.2 Å². The lowest BCUT2D eigenvalue weighted by Gasteiger charge is -2.11. The summed E-state index contributed by atoms with van der Waals surface area (Å²) in [6, 6.07) is 7.79. The SMILES string of the molecule is CC(C)Cc1ccc(C(=O)CCC(=O)NCC(N)C2CC2)cc1. The Morgan fingerprint density at radius 2 is 1.83 bits per heavy atom. The van der Waals surface area contributed by atoms with Gasteiger partial charge in [-0.3, -0.25) is 9.59 Å². The van der Waals surface area contributed by atoms with Crippen molar-refractivity contribution in [1.82, 2.24) is 5.32 Å². The van der Waals surface area contributed by atoms with Crippen molar-refractivity contribution in [2.45, 2.75) is 52.0 Å². The molecule has 0 spiro atoms. The number of ketones is 1. The molecule has 1 unspecified atom stereocenters. The van der Waals surface area contributed by atoms with E-state index in [4.69, 9.17) is 5.73 Å². The van der Waals surface area contributed by atoms with Gasteiger partial charge in [0.2, 0.25) is 5.91 Å². The molecule has 0 radical (unpaired) electrons. The molecule has 0 bridgehead atoms. The second-order valence-electron chi connectivity index (χ2n) is 7.02. The molecular weight excluding hydrogens is 288 g/mol. The number of amides is 1. The number of carbonyl (C=O) groups excluding carboxylic acids is 2. The Bertz CT molecular complexity index is 533. The summed E-state index contributed by atoms with van der Waals surface area (Å²) >= 11 is 0. The molecule has 3 N–H and O–H groups in total. The van der Waals surface area contributed by atoms with Gasteiger partial charge in [-0.15, -0.1) is 0 Å². The molecular formula is C19H28N2O2. The minimum atomic E-state index is -0.0918. The number of carbonyl (C=O) groups is 2. The zero-order chi connectivity index (χ0) is 16.8. The highest BCUT2D eigenvalue weighted by Gasteiger charge is 2.28. The van der Waals surface area contributed by atoms with Gasteiger partial charge in [0, 0.05) is 31.0 Å². The van der Waals surface area contributed by atoms with Crippen LogP contribution in [0.2, 0.25) is 0 Å². The Labute approximate surface area is 138 Å². The van der Waals surface area contributed by atoms with Crippen molar-refractivity contribution in [2.75, 3.05) is 6.54 Å². The van der Waals surface area contributed by atoms with Crippen molar-refractivity contribution < 1.29 is 9.59 Å². The van der Waals surface area contributed by atoms with Crippen LogP contribution in [0.5, 0.6) is 0 Å². The maximum absolute atomic E-state index is 12.1. The molecule has 0 heterocycles. The van der Waals surface area contributed by atoms with Crippen LogP contribution >= 0.6 is 0 Å². The molecule has 1 aromatic carbocycles. The van der Waals surface area contributed by atoms with E-state index in [9.17, 15) is 9.59 Å². The Balaban J connectivity index is 1.71. The first-order valence-corrected chi connectivity index (χ1v) is 8.60. The van der Waals surface area contributed by atoms with Gasteiger partial charge in [-0.2, -0.15) is 0 Å². The molecule has 0 aromatic heterocycles. The number of nitrogens with two attached hydrogens (primary N) is 1. The Morgan fingerprint density at radius 3 is 2.39 bits per heavy atom. The van der Waals surface area contributed by atoms with Crippen LogP contribution in [0.4, 0.5) is 0 Å². The summed E-state index contributed by atoms with van der Waals surface area (Å²) in [5.41, 5.74) is 7.86. The van der Waals surface area contributed by atoms with Gasteiger partial charge in [0.15, 0.2) is 5.78 Å². The monoisotopic (exact) mass is 316 g/mol. The van der Waals surface area contributed by atoms with Crippen LogP contribution in [-0.4, -0.2) is 24.3 Å². The van der Waals surface area contributed by atoms with E-state index < -0.39 is 0 Å². The standard InChI is InChI=1S/C19H28N2O2/c1-13(2)11-14-3-5-16(6-4-14)18(22)9-10-19(23)21-12-17(20)15-7-8-15/h3-6,13,15,17H,7-12,20H2,1-2H3,(H,21,23). The fraction of sp³-hybridized carbons (Fsp3) is 0.579. The average Bonchev–Trinajstić information content (AvgIpc) is 3.35. The molecule has 1 saturated carbocycles. The Kier molecular flexibility index (Phi) is 6.34. The second-order valence-corrected chi connectivity index (χ2v) is 7.02. The average molecular weight is 316 g/mol. The molecule has 0 aliphatic heterocycles. The lowest BCUT2D eigenvalue weighted by atomic mass is 9.99. The van der Waals surface area contributed by atoms with Crippen LogP contribution in [0.15, 0.2) is 24.3 Å². The van der Waals surface area contributed by atoms with Crippen LogP contribution in [-0.2, 0) is 11.2 Å². The zero-order valence-electron chi connectivity index (χ0n) is 14.2. The van der Waals surface area contributed by atoms with Crippen LogP contribution < -0.4 is 11.1 Å². The Hall–Kier alpha value is -1.68. The van der Waals surface area contributed by atoms with E-state index in [0.717, 1.165) is 6.42 Å². The molecule has 4 nitrogen and oxygen atoms in total. The third-order valence-electron chi connectivity index (χ3n) is 4.26. The van der Waals surface area contributed by atoms with Gasteiger partial charge >= 0.3 is 0 Å². The van der Waals surface area contributed by atoms with E-state index in [1.807, 2.05) is 24.3 Å². The first-order chi connectivity index (χ1) is 11.0. The van der Waals surface area contributed by atoms with Gasteiger partial charge in [-0.05, 0) is 36.7 Å². The lowest BCUT2D eigenvalue weighted by molar-refractivity contribution is -0.121. The maximum atomic E-state index is 12.1. The largest absolute Gasteiger partial charge is 0.355 e. The number of rotatable bonds is 9. The van der Waals surface area contributed by atoms with Crippen molar-refractivity contribution >= 4 is 11.7 Å². The molecule has 126 valence electrons. The molecule has 2 rings (SSSR count). The van der Waals surface area contributed by atoms with Crippen LogP contribution in [0.1, 0.15) is 55.5 Å². The summed E-state index contributed by atoms with van der Waals surface area (Å²) in [6.45, 7) is 4.86. The molecule has 23 heavy (non-hydrogen) atoms. The van der Waals surface area contributed by atoms with Crippen molar-refractivity contribution in [1.29, 1.82) is 0 Å². The van der Waals surface area contributed by atoms with Crippen molar-refractivity contribution in [3.63, 3.8) is 0 Å². The summed E-state index contributed by atoms with van der Waals surface area (Å²) in [4.78, 5) is 23.9. The number of nitrogens with one attached hydrogen (secondary N) is 1. The quantitative estimate of drug-likeness (QED) is 0.688. The summed E-state index contributed by atoms with van der Waals surface area (Å²) in [5.74, 6) is 1.09. The fourth-order valence-electron chi connectivity index (χ4n) is 2.68. The molecule has 1 aromatic rings. The van der Waals surface area contributed by atoms with Crippen molar-refractivity contribution in [3.8, 4) is 0 Å². The number of Topliss-reactive ketones (excluding diaryl/α,β-unsaturated/α-hetero) is 1. The first kappa shape index (κ1) is 17.7. The first-order valence-electron chi connectivity index (χ1n) is 8.60. The minimum absolute atomic E-state index is 0.0164. The van der Waals surface area contributed by atoms with Crippen LogP contribution in [0, 0.1) is 11.8 Å². The normalized spacial score (nSPS) is 15.5. The van der Waals surface area contributed by atoms with E-state index in [0.29, 0.717) is 23.9 Å². The van der Waals surface area contributed by atoms with E-state index in [1.165, 1.54) is 18.4 Å². The zero-order valence-corrected chi connectivity index (χ0v) is 14.2.